The van der Waals surface area contributed by atoms with E-state index in [0.29, 0.717) is 30.8 Å². The summed E-state index contributed by atoms with van der Waals surface area (Å²) in [6.45, 7) is 4.75. The molecule has 0 saturated carbocycles. The van der Waals surface area contributed by atoms with E-state index in [1.807, 2.05) is 24.3 Å². The van der Waals surface area contributed by atoms with Crippen LogP contribution in [-0.4, -0.2) is 23.3 Å². The minimum Gasteiger partial charge on any atom is -0.497 e. The van der Waals surface area contributed by atoms with Crippen LogP contribution < -0.4 is 10.1 Å². The van der Waals surface area contributed by atoms with Crippen molar-refractivity contribution in [3.63, 3.8) is 0 Å². The van der Waals surface area contributed by atoms with Crippen molar-refractivity contribution >= 4 is 0 Å². The molecule has 0 radical (unpaired) electrons. The molecule has 1 N–H and O–H groups in total. The second-order valence-electron chi connectivity index (χ2n) is 4.65. The average molecular weight is 261 g/mol. The van der Waals surface area contributed by atoms with Gasteiger partial charge in [-0.1, -0.05) is 26.0 Å². The van der Waals surface area contributed by atoms with Gasteiger partial charge in [0.15, 0.2) is 0 Å². The summed E-state index contributed by atoms with van der Waals surface area (Å²) in [6.07, 6.45) is 0.617. The third-order valence-electron chi connectivity index (χ3n) is 2.66. The zero-order chi connectivity index (χ0) is 13.7. The van der Waals surface area contributed by atoms with Crippen molar-refractivity contribution in [2.45, 2.75) is 32.9 Å². The molecule has 19 heavy (non-hydrogen) atoms. The maximum absolute atomic E-state index is 5.59. The van der Waals surface area contributed by atoms with Crippen LogP contribution in [0.1, 0.15) is 31.2 Å². The normalized spacial score (nSPS) is 10.9. The lowest BCUT2D eigenvalue weighted by Gasteiger charge is -2.03. The van der Waals surface area contributed by atoms with Crippen molar-refractivity contribution in [2.75, 3.05) is 7.11 Å². The molecule has 5 nitrogen and oxygen atoms in total. The molecule has 2 rings (SSSR count). The third-order valence-corrected chi connectivity index (χ3v) is 2.66. The number of methoxy groups -OCH3 is 1. The second kappa shape index (κ2) is 6.33. The van der Waals surface area contributed by atoms with E-state index in [1.54, 1.807) is 7.11 Å². The highest BCUT2D eigenvalue weighted by Gasteiger charge is 2.07. The monoisotopic (exact) mass is 261 g/mol. The summed E-state index contributed by atoms with van der Waals surface area (Å²) in [5, 5.41) is 11.3. The van der Waals surface area contributed by atoms with Crippen molar-refractivity contribution in [3.05, 3.63) is 41.6 Å². The molecule has 0 aliphatic rings. The van der Waals surface area contributed by atoms with Crippen LogP contribution in [0.25, 0.3) is 0 Å². The Kier molecular flexibility index (Phi) is 4.52. The van der Waals surface area contributed by atoms with Gasteiger partial charge in [0.2, 0.25) is 11.8 Å². The summed E-state index contributed by atoms with van der Waals surface area (Å²) in [5.74, 6) is 2.07. The van der Waals surface area contributed by atoms with Crippen LogP contribution in [-0.2, 0) is 13.0 Å². The SMILES string of the molecule is COc1cccc(Cc2nnc(CNC(C)C)o2)c1. The van der Waals surface area contributed by atoms with E-state index < -0.39 is 0 Å². The molecular weight excluding hydrogens is 242 g/mol. The summed E-state index contributed by atoms with van der Waals surface area (Å²) >= 11 is 0. The van der Waals surface area contributed by atoms with Crippen LogP contribution in [0.5, 0.6) is 5.75 Å². The van der Waals surface area contributed by atoms with Crippen LogP contribution >= 0.6 is 0 Å². The van der Waals surface area contributed by atoms with Gasteiger partial charge in [-0.05, 0) is 17.7 Å². The van der Waals surface area contributed by atoms with Crippen molar-refractivity contribution in [3.8, 4) is 5.75 Å². The quantitative estimate of drug-likeness (QED) is 0.863. The number of hydrogen-bond acceptors (Lipinski definition) is 5. The van der Waals surface area contributed by atoms with E-state index in [0.717, 1.165) is 11.3 Å². The molecule has 0 atom stereocenters. The Bertz CT molecular complexity index is 523. The number of ether oxygens (including phenoxy) is 1. The first-order valence-corrected chi connectivity index (χ1v) is 6.35. The topological polar surface area (TPSA) is 60.2 Å². The number of nitrogens with one attached hydrogen (secondary N) is 1. The van der Waals surface area contributed by atoms with Crippen LogP contribution in [0, 0.1) is 0 Å². The lowest BCUT2D eigenvalue weighted by molar-refractivity contribution is 0.413. The molecule has 0 amide bonds. The summed E-state index contributed by atoms with van der Waals surface area (Å²) in [6, 6.07) is 8.24. The lowest BCUT2D eigenvalue weighted by atomic mass is 10.1. The molecule has 1 aromatic heterocycles. The van der Waals surface area contributed by atoms with Gasteiger partial charge in [-0.15, -0.1) is 10.2 Å². The molecule has 1 aromatic carbocycles. The number of aromatic nitrogens is 2. The van der Waals surface area contributed by atoms with E-state index >= 15 is 0 Å². The number of nitrogens with zero attached hydrogens (tertiary/aromatic N) is 2. The highest BCUT2D eigenvalue weighted by atomic mass is 16.5. The lowest BCUT2D eigenvalue weighted by Crippen LogP contribution is -2.21. The van der Waals surface area contributed by atoms with Crippen molar-refractivity contribution in [1.82, 2.24) is 15.5 Å². The Hall–Kier alpha value is -1.88. The molecule has 102 valence electrons. The van der Waals surface area contributed by atoms with Crippen LogP contribution in [0.3, 0.4) is 0 Å². The van der Waals surface area contributed by atoms with Gasteiger partial charge in [-0.3, -0.25) is 0 Å². The molecule has 0 aliphatic heterocycles. The van der Waals surface area contributed by atoms with Crippen LogP contribution in [0.4, 0.5) is 0 Å². The Morgan fingerprint density at radius 1 is 1.26 bits per heavy atom. The third kappa shape index (κ3) is 4.06. The second-order valence-corrected chi connectivity index (χ2v) is 4.65. The molecule has 0 spiro atoms. The van der Waals surface area contributed by atoms with Gasteiger partial charge in [-0.2, -0.15) is 0 Å². The Morgan fingerprint density at radius 2 is 2.05 bits per heavy atom. The number of hydrogen-bond donors (Lipinski definition) is 1. The fourth-order valence-electron chi connectivity index (χ4n) is 1.68. The van der Waals surface area contributed by atoms with Gasteiger partial charge in [0.1, 0.15) is 5.75 Å². The standard InChI is InChI=1S/C14H19N3O2/c1-10(2)15-9-14-17-16-13(19-14)8-11-5-4-6-12(7-11)18-3/h4-7,10,15H,8-9H2,1-3H3. The van der Waals surface area contributed by atoms with Crippen molar-refractivity contribution in [1.29, 1.82) is 0 Å². The van der Waals surface area contributed by atoms with E-state index in [2.05, 4.69) is 29.4 Å². The predicted molar refractivity (Wildman–Crippen MR) is 72.1 cm³/mol. The van der Waals surface area contributed by atoms with Gasteiger partial charge in [0, 0.05) is 6.04 Å². The molecule has 0 bridgehead atoms. The summed E-state index contributed by atoms with van der Waals surface area (Å²) in [4.78, 5) is 0. The zero-order valence-corrected chi connectivity index (χ0v) is 11.5. The molecule has 1 heterocycles. The van der Waals surface area contributed by atoms with E-state index in [-0.39, 0.29) is 0 Å². The molecule has 2 aromatic rings. The first-order valence-electron chi connectivity index (χ1n) is 6.35. The fourth-order valence-corrected chi connectivity index (χ4v) is 1.68. The maximum Gasteiger partial charge on any atom is 0.230 e. The first-order chi connectivity index (χ1) is 9.17. The average Bonchev–Trinajstić information content (AvgIpc) is 2.84. The molecule has 0 fully saturated rings. The van der Waals surface area contributed by atoms with E-state index in [4.69, 9.17) is 9.15 Å². The molecule has 0 saturated heterocycles. The molecular formula is C14H19N3O2. The summed E-state index contributed by atoms with van der Waals surface area (Å²) in [5.41, 5.74) is 1.09. The fraction of sp³-hybridized carbons (Fsp3) is 0.429. The molecule has 0 unspecified atom stereocenters. The summed E-state index contributed by atoms with van der Waals surface area (Å²) in [7, 11) is 1.65. The number of rotatable bonds is 6. The number of benzene rings is 1. The van der Waals surface area contributed by atoms with Gasteiger partial charge in [-0.25, -0.2) is 0 Å². The van der Waals surface area contributed by atoms with Gasteiger partial charge in [0.05, 0.1) is 20.1 Å². The minimum absolute atomic E-state index is 0.397. The largest absolute Gasteiger partial charge is 0.497 e. The highest BCUT2D eigenvalue weighted by molar-refractivity contribution is 5.29. The van der Waals surface area contributed by atoms with E-state index in [1.165, 1.54) is 0 Å². The minimum atomic E-state index is 0.397. The van der Waals surface area contributed by atoms with Crippen molar-refractivity contribution in [2.24, 2.45) is 0 Å². The van der Waals surface area contributed by atoms with Gasteiger partial charge in [0.25, 0.3) is 0 Å². The highest BCUT2D eigenvalue weighted by Crippen LogP contribution is 2.15. The summed E-state index contributed by atoms with van der Waals surface area (Å²) < 4.78 is 10.8. The Balaban J connectivity index is 1.99. The van der Waals surface area contributed by atoms with Gasteiger partial charge >= 0.3 is 0 Å². The Labute approximate surface area is 113 Å². The zero-order valence-electron chi connectivity index (χ0n) is 11.5. The first kappa shape index (κ1) is 13.5. The van der Waals surface area contributed by atoms with Crippen LogP contribution in [0.15, 0.2) is 28.7 Å². The molecule has 0 aliphatic carbocycles. The van der Waals surface area contributed by atoms with Gasteiger partial charge < -0.3 is 14.5 Å². The predicted octanol–water partition coefficient (Wildman–Crippen LogP) is 2.17. The van der Waals surface area contributed by atoms with Crippen molar-refractivity contribution < 1.29 is 9.15 Å². The van der Waals surface area contributed by atoms with E-state index in [9.17, 15) is 0 Å². The smallest absolute Gasteiger partial charge is 0.230 e. The Morgan fingerprint density at radius 3 is 2.79 bits per heavy atom. The van der Waals surface area contributed by atoms with Crippen LogP contribution in [0.2, 0.25) is 0 Å². The molecule has 5 heteroatoms. The maximum atomic E-state index is 5.59.